The van der Waals surface area contributed by atoms with Gasteiger partial charge >= 0.3 is 0 Å². The predicted molar refractivity (Wildman–Crippen MR) is 84.0 cm³/mol. The lowest BCUT2D eigenvalue weighted by molar-refractivity contribution is 0.0742. The number of nitrogens with zero attached hydrogens (tertiary/aromatic N) is 1. The predicted octanol–water partition coefficient (Wildman–Crippen LogP) is 3.41. The van der Waals surface area contributed by atoms with E-state index < -0.39 is 0 Å². The van der Waals surface area contributed by atoms with Gasteiger partial charge < -0.3 is 15.0 Å². The molecule has 2 aliphatic heterocycles. The Morgan fingerprint density at radius 2 is 2.14 bits per heavy atom. The van der Waals surface area contributed by atoms with Gasteiger partial charge in [0.2, 0.25) is 0 Å². The van der Waals surface area contributed by atoms with Gasteiger partial charge in [-0.1, -0.05) is 12.1 Å². The highest BCUT2D eigenvalue weighted by Crippen LogP contribution is 2.41. The van der Waals surface area contributed by atoms with Crippen molar-refractivity contribution in [3.63, 3.8) is 0 Å². The first kappa shape index (κ1) is 12.7. The molecule has 2 aliphatic rings. The highest BCUT2D eigenvalue weighted by atomic mass is 32.1. The largest absolute Gasteiger partial charge is 0.497 e. The van der Waals surface area contributed by atoms with Gasteiger partial charge in [0.15, 0.2) is 0 Å². The Bertz CT molecular complexity index is 693. The molecule has 0 spiro atoms. The zero-order valence-corrected chi connectivity index (χ0v) is 12.6. The van der Waals surface area contributed by atoms with Crippen molar-refractivity contribution >= 4 is 22.2 Å². The topological polar surface area (TPSA) is 41.6 Å². The number of methoxy groups -OCH3 is 1. The van der Waals surface area contributed by atoms with Crippen LogP contribution in [-0.2, 0) is 0 Å². The Morgan fingerprint density at radius 3 is 2.90 bits per heavy atom. The van der Waals surface area contributed by atoms with Gasteiger partial charge in [-0.05, 0) is 30.5 Å². The number of thiophene rings is 1. The summed E-state index contributed by atoms with van der Waals surface area (Å²) in [4.78, 5) is 14.7. The lowest BCUT2D eigenvalue weighted by Crippen LogP contribution is -2.44. The highest BCUT2D eigenvalue weighted by molar-refractivity contribution is 7.15. The van der Waals surface area contributed by atoms with Gasteiger partial charge in [0.1, 0.15) is 16.9 Å². The number of hydrogen-bond donors (Lipinski definition) is 1. The normalized spacial score (nSPS) is 20.0. The maximum absolute atomic E-state index is 12.7. The van der Waals surface area contributed by atoms with E-state index >= 15 is 0 Å². The fourth-order valence-electron chi connectivity index (χ4n) is 3.11. The maximum Gasteiger partial charge on any atom is 0.259 e. The molecule has 0 saturated carbocycles. The quantitative estimate of drug-likeness (QED) is 0.924. The summed E-state index contributed by atoms with van der Waals surface area (Å²) in [6, 6.07) is 7.87. The molecular formula is C16H16N2O2S. The third-order valence-electron chi connectivity index (χ3n) is 4.22. The molecule has 0 aliphatic carbocycles. The lowest BCUT2D eigenvalue weighted by atomic mass is 10.0. The first-order chi connectivity index (χ1) is 10.3. The lowest BCUT2D eigenvalue weighted by Gasteiger charge is -2.31. The average molecular weight is 300 g/mol. The smallest absolute Gasteiger partial charge is 0.259 e. The van der Waals surface area contributed by atoms with Crippen LogP contribution in [-0.4, -0.2) is 30.6 Å². The zero-order chi connectivity index (χ0) is 14.4. The molecule has 1 aromatic heterocycles. The third kappa shape index (κ3) is 1.92. The molecule has 1 N–H and O–H groups in total. The van der Waals surface area contributed by atoms with E-state index in [1.807, 2.05) is 29.2 Å². The van der Waals surface area contributed by atoms with Crippen molar-refractivity contribution in [1.82, 2.24) is 4.90 Å². The van der Waals surface area contributed by atoms with Gasteiger partial charge in [-0.3, -0.25) is 4.79 Å². The van der Waals surface area contributed by atoms with E-state index in [4.69, 9.17) is 4.74 Å². The first-order valence-corrected chi connectivity index (χ1v) is 7.99. The highest BCUT2D eigenvalue weighted by Gasteiger charge is 2.37. The average Bonchev–Trinajstić information content (AvgIpc) is 3.14. The van der Waals surface area contributed by atoms with Crippen LogP contribution >= 0.6 is 11.3 Å². The van der Waals surface area contributed by atoms with Crippen LogP contribution in [0, 0.1) is 0 Å². The molecule has 1 fully saturated rings. The minimum atomic E-state index is 0.165. The molecule has 21 heavy (non-hydrogen) atoms. The minimum Gasteiger partial charge on any atom is -0.497 e. The van der Waals surface area contributed by atoms with Crippen LogP contribution in [0.3, 0.4) is 0 Å². The summed E-state index contributed by atoms with van der Waals surface area (Å²) in [5, 5.41) is 6.58. The molecule has 4 rings (SSSR count). The molecule has 1 atom stereocenters. The van der Waals surface area contributed by atoms with E-state index in [2.05, 4.69) is 10.7 Å². The number of hydrogen-bond acceptors (Lipinski definition) is 4. The Kier molecular flexibility index (Phi) is 2.89. The van der Waals surface area contributed by atoms with Gasteiger partial charge in [0.05, 0.1) is 12.7 Å². The first-order valence-electron chi connectivity index (χ1n) is 7.11. The molecule has 1 saturated heterocycles. The second kappa shape index (κ2) is 4.77. The van der Waals surface area contributed by atoms with Crippen LogP contribution in [0.2, 0.25) is 0 Å². The van der Waals surface area contributed by atoms with Crippen LogP contribution < -0.4 is 10.1 Å². The van der Waals surface area contributed by atoms with E-state index in [-0.39, 0.29) is 12.1 Å². The second-order valence-corrected chi connectivity index (χ2v) is 6.26. The van der Waals surface area contributed by atoms with Crippen molar-refractivity contribution in [2.75, 3.05) is 19.0 Å². The molecule has 1 amide bonds. The van der Waals surface area contributed by atoms with Crippen LogP contribution in [0.1, 0.15) is 23.2 Å². The van der Waals surface area contributed by atoms with Gasteiger partial charge in [0.25, 0.3) is 5.91 Å². The van der Waals surface area contributed by atoms with Crippen molar-refractivity contribution in [3.8, 4) is 16.9 Å². The molecule has 0 radical (unpaired) electrons. The van der Waals surface area contributed by atoms with Crippen LogP contribution in [0.5, 0.6) is 5.75 Å². The summed E-state index contributed by atoms with van der Waals surface area (Å²) in [6.45, 7) is 0.855. The van der Waals surface area contributed by atoms with Crippen LogP contribution in [0.25, 0.3) is 11.1 Å². The molecule has 1 unspecified atom stereocenters. The Labute approximate surface area is 127 Å². The number of fused-ring (bicyclic) bond motifs is 2. The van der Waals surface area contributed by atoms with Crippen molar-refractivity contribution in [2.24, 2.45) is 0 Å². The van der Waals surface area contributed by atoms with Crippen LogP contribution in [0.15, 0.2) is 29.6 Å². The summed E-state index contributed by atoms with van der Waals surface area (Å²) >= 11 is 1.62. The van der Waals surface area contributed by atoms with Gasteiger partial charge in [-0.2, -0.15) is 0 Å². The zero-order valence-electron chi connectivity index (χ0n) is 11.8. The van der Waals surface area contributed by atoms with Gasteiger partial charge in [-0.25, -0.2) is 0 Å². The number of carbonyl (C=O) groups excluding carboxylic acids is 1. The molecule has 4 nitrogen and oxygen atoms in total. The molecule has 3 heterocycles. The SMILES string of the molecule is COc1ccc(-c2csc3c2C(=O)N2CCCC2N3)cc1. The molecule has 1 aromatic carbocycles. The number of benzene rings is 1. The monoisotopic (exact) mass is 300 g/mol. The van der Waals surface area contributed by atoms with Crippen LogP contribution in [0.4, 0.5) is 5.00 Å². The summed E-state index contributed by atoms with van der Waals surface area (Å²) < 4.78 is 5.19. The molecule has 108 valence electrons. The summed E-state index contributed by atoms with van der Waals surface area (Å²) in [5.74, 6) is 0.991. The van der Waals surface area contributed by atoms with E-state index in [1.165, 1.54) is 0 Å². The van der Waals surface area contributed by atoms with Crippen molar-refractivity contribution in [3.05, 3.63) is 35.2 Å². The van der Waals surface area contributed by atoms with Crippen molar-refractivity contribution in [2.45, 2.75) is 19.0 Å². The Balaban J connectivity index is 1.77. The summed E-state index contributed by atoms with van der Waals surface area (Å²) in [7, 11) is 1.66. The number of anilines is 1. The fraction of sp³-hybridized carbons (Fsp3) is 0.312. The van der Waals surface area contributed by atoms with Crippen molar-refractivity contribution in [1.29, 1.82) is 0 Å². The fourth-order valence-corrected chi connectivity index (χ4v) is 4.12. The summed E-state index contributed by atoms with van der Waals surface area (Å²) in [6.07, 6.45) is 2.31. The van der Waals surface area contributed by atoms with E-state index in [1.54, 1.807) is 18.4 Å². The number of carbonyl (C=O) groups is 1. The minimum absolute atomic E-state index is 0.165. The van der Waals surface area contributed by atoms with E-state index in [0.29, 0.717) is 0 Å². The number of ether oxygens (including phenoxy) is 1. The summed E-state index contributed by atoms with van der Waals surface area (Å²) in [5.41, 5.74) is 2.89. The van der Waals surface area contributed by atoms with Gasteiger partial charge in [0, 0.05) is 17.5 Å². The second-order valence-electron chi connectivity index (χ2n) is 5.38. The maximum atomic E-state index is 12.7. The van der Waals surface area contributed by atoms with Gasteiger partial charge in [-0.15, -0.1) is 11.3 Å². The van der Waals surface area contributed by atoms with E-state index in [9.17, 15) is 4.79 Å². The van der Waals surface area contributed by atoms with E-state index in [0.717, 1.165) is 46.8 Å². The number of nitrogens with one attached hydrogen (secondary N) is 1. The van der Waals surface area contributed by atoms with Crippen molar-refractivity contribution < 1.29 is 9.53 Å². The number of amides is 1. The number of rotatable bonds is 2. The molecular weight excluding hydrogens is 284 g/mol. The Morgan fingerprint density at radius 1 is 1.33 bits per heavy atom. The standard InChI is InChI=1S/C16H16N2O2S/c1-20-11-6-4-10(5-7-11)12-9-21-15-14(12)16(19)18-8-2-3-13(18)17-15/h4-7,9,13,17H,2-3,8H2,1H3. The molecule has 0 bridgehead atoms. The third-order valence-corrected chi connectivity index (χ3v) is 5.13. The molecule has 2 aromatic rings. The molecule has 5 heteroatoms. The Hall–Kier alpha value is -2.01.